The predicted molar refractivity (Wildman–Crippen MR) is 130 cm³/mol. The predicted octanol–water partition coefficient (Wildman–Crippen LogP) is 7.53. The zero-order valence-corrected chi connectivity index (χ0v) is 20.6. The fourth-order valence-corrected chi connectivity index (χ4v) is 6.56. The van der Waals surface area contributed by atoms with Crippen LogP contribution in [0.1, 0.15) is 96.5 Å². The van der Waals surface area contributed by atoms with E-state index in [2.05, 4.69) is 19.9 Å². The minimum absolute atomic E-state index is 0.416. The molecule has 3 rings (SSSR count). The summed E-state index contributed by atoms with van der Waals surface area (Å²) in [5, 5.41) is 0. The van der Waals surface area contributed by atoms with Crippen LogP contribution in [0, 0.1) is 12.8 Å². The molecule has 3 nitrogen and oxygen atoms in total. The molecule has 1 heterocycles. The van der Waals surface area contributed by atoms with Crippen molar-refractivity contribution in [3.8, 4) is 0 Å². The van der Waals surface area contributed by atoms with Crippen molar-refractivity contribution in [3.63, 3.8) is 0 Å². The van der Waals surface area contributed by atoms with Gasteiger partial charge in [-0.15, -0.1) is 0 Å². The molecule has 1 atom stereocenters. The Balaban J connectivity index is 1.81. The smallest absolute Gasteiger partial charge is 0.264 e. The fraction of sp³-hybridized carbons (Fsp3) is 0.630. The second-order valence-corrected chi connectivity index (χ2v) is 11.3. The van der Waals surface area contributed by atoms with Gasteiger partial charge in [-0.1, -0.05) is 82.6 Å². The lowest BCUT2D eigenvalue weighted by Crippen LogP contribution is -2.29. The number of aryl methyl sites for hydroxylation is 1. The quantitative estimate of drug-likeness (QED) is 0.313. The van der Waals surface area contributed by atoms with Crippen LogP contribution in [0.4, 0.5) is 0 Å². The van der Waals surface area contributed by atoms with Crippen molar-refractivity contribution in [3.05, 3.63) is 52.7 Å². The Hall–Kier alpha value is -1.55. The van der Waals surface area contributed by atoms with E-state index in [1.54, 1.807) is 16.4 Å². The van der Waals surface area contributed by atoms with Gasteiger partial charge in [0.05, 0.1) is 10.6 Å². The molecule has 31 heavy (non-hydrogen) atoms. The average Bonchev–Trinajstić information content (AvgIpc) is 3.20. The molecule has 1 aromatic carbocycles. The molecule has 0 spiro atoms. The number of hydrogen-bond donors (Lipinski definition) is 0. The second-order valence-electron chi connectivity index (χ2n) is 9.41. The minimum Gasteiger partial charge on any atom is -0.266 e. The molecular weight excluding hydrogens is 402 g/mol. The van der Waals surface area contributed by atoms with Gasteiger partial charge in [0.1, 0.15) is 0 Å². The summed E-state index contributed by atoms with van der Waals surface area (Å²) < 4.78 is 28.8. The molecule has 1 aliphatic heterocycles. The van der Waals surface area contributed by atoms with E-state index in [0.717, 1.165) is 36.9 Å². The zero-order chi connectivity index (χ0) is 22.3. The van der Waals surface area contributed by atoms with Gasteiger partial charge in [0.2, 0.25) is 0 Å². The highest BCUT2D eigenvalue weighted by molar-refractivity contribution is 7.89. The first-order valence-electron chi connectivity index (χ1n) is 12.5. The number of rotatable bonds is 12. The normalized spacial score (nSPS) is 19.0. The van der Waals surface area contributed by atoms with Gasteiger partial charge in [-0.2, -0.15) is 0 Å². The third-order valence-electron chi connectivity index (χ3n) is 6.79. The number of sulfonamides is 1. The number of unbranched alkanes of at least 4 members (excludes halogenated alkanes) is 6. The highest BCUT2D eigenvalue weighted by Crippen LogP contribution is 2.43. The number of hydrogen-bond acceptors (Lipinski definition) is 2. The van der Waals surface area contributed by atoms with E-state index in [1.165, 1.54) is 62.5 Å². The van der Waals surface area contributed by atoms with E-state index in [4.69, 9.17) is 0 Å². The summed E-state index contributed by atoms with van der Waals surface area (Å²) in [6.45, 7) is 7.08. The maximum atomic E-state index is 13.5. The third kappa shape index (κ3) is 6.03. The lowest BCUT2D eigenvalue weighted by Gasteiger charge is -2.29. The van der Waals surface area contributed by atoms with Gasteiger partial charge in [0.25, 0.3) is 10.0 Å². The minimum atomic E-state index is -3.50. The first kappa shape index (κ1) is 24.1. The van der Waals surface area contributed by atoms with Crippen LogP contribution >= 0.6 is 0 Å². The zero-order valence-electron chi connectivity index (χ0n) is 19.8. The van der Waals surface area contributed by atoms with Crippen molar-refractivity contribution in [1.29, 1.82) is 0 Å². The van der Waals surface area contributed by atoms with Gasteiger partial charge in [-0.25, -0.2) is 8.42 Å². The van der Waals surface area contributed by atoms with Crippen molar-refractivity contribution in [2.75, 3.05) is 6.54 Å². The van der Waals surface area contributed by atoms with Gasteiger partial charge in [-0.3, -0.25) is 4.31 Å². The monoisotopic (exact) mass is 443 g/mol. The Kier molecular flexibility index (Phi) is 8.83. The van der Waals surface area contributed by atoms with Crippen molar-refractivity contribution in [2.45, 2.75) is 103 Å². The number of allylic oxidation sites excluding steroid dienone is 2. The number of nitrogens with zero attached hydrogens (tertiary/aromatic N) is 1. The summed E-state index contributed by atoms with van der Waals surface area (Å²) in [5.74, 6) is 0.582. The Morgan fingerprint density at radius 1 is 0.935 bits per heavy atom. The molecular formula is C27H41NO2S. The standard InChI is InChI=1S/C27H41NO2S/c1-4-6-8-10-12-23-20-24(13-11-9-7-5-2)27-25(21-23)18-19-28(27)31(29,30)26-16-14-22(3)15-17-26/h14-17,20,23H,4-13,18-19,21H2,1-3H3. The summed E-state index contributed by atoms with van der Waals surface area (Å²) in [6, 6.07) is 7.31. The maximum Gasteiger partial charge on any atom is 0.264 e. The molecule has 0 aromatic heterocycles. The number of benzene rings is 1. The molecule has 0 saturated heterocycles. The molecule has 0 bridgehead atoms. The van der Waals surface area contributed by atoms with Gasteiger partial charge >= 0.3 is 0 Å². The fourth-order valence-electron chi connectivity index (χ4n) is 5.01. The highest BCUT2D eigenvalue weighted by atomic mass is 32.2. The maximum absolute atomic E-state index is 13.5. The van der Waals surface area contributed by atoms with E-state index in [-0.39, 0.29) is 0 Å². The lowest BCUT2D eigenvalue weighted by atomic mass is 9.83. The van der Waals surface area contributed by atoms with E-state index < -0.39 is 10.0 Å². The van der Waals surface area contributed by atoms with Crippen molar-refractivity contribution in [1.82, 2.24) is 4.31 Å². The van der Waals surface area contributed by atoms with Gasteiger partial charge < -0.3 is 0 Å². The Morgan fingerprint density at radius 3 is 2.29 bits per heavy atom. The summed E-state index contributed by atoms with van der Waals surface area (Å²) in [4.78, 5) is 0.416. The van der Waals surface area contributed by atoms with Gasteiger partial charge in [0.15, 0.2) is 0 Å². The molecule has 0 radical (unpaired) electrons. The topological polar surface area (TPSA) is 37.4 Å². The Labute approximate surface area is 190 Å². The van der Waals surface area contributed by atoms with E-state index >= 15 is 0 Å². The van der Waals surface area contributed by atoms with E-state index in [0.29, 0.717) is 17.4 Å². The van der Waals surface area contributed by atoms with E-state index in [1.807, 2.05) is 19.1 Å². The molecule has 0 fully saturated rings. The molecule has 0 amide bonds. The van der Waals surface area contributed by atoms with Gasteiger partial charge in [0, 0.05) is 6.54 Å². The van der Waals surface area contributed by atoms with E-state index in [9.17, 15) is 8.42 Å². The SMILES string of the molecule is CCCCCCC1=CC(CCCCCC)CC2=C1N(S(=O)(=O)c1ccc(C)cc1)CC2. The summed E-state index contributed by atoms with van der Waals surface area (Å²) in [6.07, 6.45) is 16.6. The van der Waals surface area contributed by atoms with Crippen LogP contribution in [0.3, 0.4) is 0 Å². The van der Waals surface area contributed by atoms with Crippen LogP contribution in [-0.2, 0) is 10.0 Å². The van der Waals surface area contributed by atoms with Crippen LogP contribution in [0.2, 0.25) is 0 Å². The van der Waals surface area contributed by atoms with Crippen LogP contribution in [-0.4, -0.2) is 19.3 Å². The molecule has 172 valence electrons. The van der Waals surface area contributed by atoms with Crippen LogP contribution in [0.5, 0.6) is 0 Å². The Morgan fingerprint density at radius 2 is 1.61 bits per heavy atom. The average molecular weight is 444 g/mol. The molecule has 2 aliphatic rings. The Bertz CT molecular complexity index is 880. The summed E-state index contributed by atoms with van der Waals surface area (Å²) >= 11 is 0. The van der Waals surface area contributed by atoms with Crippen molar-refractivity contribution in [2.24, 2.45) is 5.92 Å². The summed E-state index contributed by atoms with van der Waals surface area (Å²) in [5.41, 5.74) is 4.80. The van der Waals surface area contributed by atoms with Crippen LogP contribution in [0.15, 0.2) is 52.1 Å². The van der Waals surface area contributed by atoms with Crippen LogP contribution in [0.25, 0.3) is 0 Å². The molecule has 0 saturated carbocycles. The lowest BCUT2D eigenvalue weighted by molar-refractivity contribution is 0.492. The molecule has 1 aliphatic carbocycles. The van der Waals surface area contributed by atoms with Gasteiger partial charge in [-0.05, 0) is 68.2 Å². The third-order valence-corrected chi connectivity index (χ3v) is 8.60. The largest absolute Gasteiger partial charge is 0.266 e. The molecule has 4 heteroatoms. The first-order valence-corrected chi connectivity index (χ1v) is 13.9. The summed E-state index contributed by atoms with van der Waals surface area (Å²) in [7, 11) is -3.50. The van der Waals surface area contributed by atoms with Crippen molar-refractivity contribution < 1.29 is 8.42 Å². The second kappa shape index (κ2) is 11.4. The highest BCUT2D eigenvalue weighted by Gasteiger charge is 2.37. The first-order chi connectivity index (χ1) is 15.0. The molecule has 1 aromatic rings. The molecule has 1 unspecified atom stereocenters. The molecule has 0 N–H and O–H groups in total. The van der Waals surface area contributed by atoms with Crippen LogP contribution < -0.4 is 0 Å². The van der Waals surface area contributed by atoms with Crippen molar-refractivity contribution >= 4 is 10.0 Å².